The second-order valence-electron chi connectivity index (χ2n) is 5.13. The average molecular weight is 253 g/mol. The number of hydrogen-bond donors (Lipinski definition) is 1. The molecule has 1 aliphatic carbocycles. The lowest BCUT2D eigenvalue weighted by atomic mass is 9.80. The van der Waals surface area contributed by atoms with Crippen LogP contribution in [0.4, 0.5) is 0 Å². The van der Waals surface area contributed by atoms with Crippen LogP contribution in [-0.4, -0.2) is 11.7 Å². The molecule has 0 aromatic heterocycles. The van der Waals surface area contributed by atoms with Crippen LogP contribution < -0.4 is 4.74 Å². The molecule has 3 heteroatoms. The van der Waals surface area contributed by atoms with E-state index in [-0.39, 0.29) is 0 Å². The van der Waals surface area contributed by atoms with Gasteiger partial charge >= 0.3 is 0 Å². The van der Waals surface area contributed by atoms with E-state index in [0.29, 0.717) is 17.5 Å². The van der Waals surface area contributed by atoms with Gasteiger partial charge in [-0.15, -0.1) is 0 Å². The quantitative estimate of drug-likeness (QED) is 0.892. The van der Waals surface area contributed by atoms with Crippen molar-refractivity contribution in [3.8, 4) is 5.75 Å². The molecule has 0 saturated heterocycles. The first-order chi connectivity index (χ1) is 8.24. The van der Waals surface area contributed by atoms with Gasteiger partial charge in [0.25, 0.3) is 0 Å². The number of hydrogen-bond acceptors (Lipinski definition) is 2. The highest BCUT2D eigenvalue weighted by molar-refractivity contribution is 6.30. The van der Waals surface area contributed by atoms with Crippen molar-refractivity contribution in [3.63, 3.8) is 0 Å². The van der Waals surface area contributed by atoms with Crippen molar-refractivity contribution in [3.05, 3.63) is 28.3 Å². The summed E-state index contributed by atoms with van der Waals surface area (Å²) in [6.07, 6.45) is 5.13. The predicted molar refractivity (Wildman–Crippen MR) is 67.6 cm³/mol. The van der Waals surface area contributed by atoms with E-state index in [1.165, 1.54) is 19.3 Å². The molecule has 1 aromatic rings. The van der Waals surface area contributed by atoms with Crippen molar-refractivity contribution >= 4 is 11.6 Å². The lowest BCUT2D eigenvalue weighted by molar-refractivity contribution is 0.116. The van der Waals surface area contributed by atoms with Crippen molar-refractivity contribution < 1.29 is 9.84 Å². The Kier molecular flexibility index (Phi) is 3.01. The lowest BCUT2D eigenvalue weighted by Crippen LogP contribution is -2.15. The zero-order chi connectivity index (χ0) is 11.8. The van der Waals surface area contributed by atoms with Crippen molar-refractivity contribution in [2.75, 3.05) is 6.61 Å². The predicted octanol–water partition coefficient (Wildman–Crippen LogP) is 3.50. The minimum absolute atomic E-state index is 0.425. The molecule has 2 nitrogen and oxygen atoms in total. The Hall–Kier alpha value is -0.730. The number of ether oxygens (including phenoxy) is 1. The summed E-state index contributed by atoms with van der Waals surface area (Å²) < 4.78 is 5.62. The van der Waals surface area contributed by atoms with Crippen LogP contribution in [-0.2, 0) is 6.42 Å². The van der Waals surface area contributed by atoms with Gasteiger partial charge in [0.2, 0.25) is 0 Å². The molecule has 1 heterocycles. The third kappa shape index (κ3) is 2.16. The summed E-state index contributed by atoms with van der Waals surface area (Å²) in [6.45, 7) is 0.707. The van der Waals surface area contributed by atoms with Crippen LogP contribution in [0.15, 0.2) is 12.1 Å². The second-order valence-corrected chi connectivity index (χ2v) is 5.57. The van der Waals surface area contributed by atoms with Gasteiger partial charge in [0.05, 0.1) is 12.7 Å². The van der Waals surface area contributed by atoms with Gasteiger partial charge in [0.15, 0.2) is 0 Å². The Labute approximate surface area is 107 Å². The van der Waals surface area contributed by atoms with E-state index in [2.05, 4.69) is 0 Å². The first-order valence-corrected chi connectivity index (χ1v) is 6.75. The summed E-state index contributed by atoms with van der Waals surface area (Å²) >= 11 is 6.09. The molecule has 1 N–H and O–H groups in total. The second kappa shape index (κ2) is 4.51. The molecule has 0 bridgehead atoms. The molecule has 3 rings (SSSR count). The molecule has 17 heavy (non-hydrogen) atoms. The van der Waals surface area contributed by atoms with Gasteiger partial charge < -0.3 is 9.84 Å². The van der Waals surface area contributed by atoms with Crippen LogP contribution >= 0.6 is 11.6 Å². The minimum Gasteiger partial charge on any atom is -0.493 e. The summed E-state index contributed by atoms with van der Waals surface area (Å²) in [7, 11) is 0. The molecule has 0 radical (unpaired) electrons. The number of aliphatic hydroxyl groups excluding tert-OH is 1. The lowest BCUT2D eigenvalue weighted by Gasteiger charge is -2.28. The van der Waals surface area contributed by atoms with E-state index < -0.39 is 6.10 Å². The number of fused-ring (bicyclic) bond motifs is 1. The Morgan fingerprint density at radius 2 is 2.24 bits per heavy atom. The molecule has 1 atom stereocenters. The van der Waals surface area contributed by atoms with Crippen LogP contribution in [0.5, 0.6) is 5.75 Å². The first kappa shape index (κ1) is 11.4. The Bertz CT molecular complexity index is 426. The van der Waals surface area contributed by atoms with E-state index in [9.17, 15) is 5.11 Å². The highest BCUT2D eigenvalue weighted by atomic mass is 35.5. The maximum atomic E-state index is 10.3. The van der Waals surface area contributed by atoms with Crippen LogP contribution in [0.3, 0.4) is 0 Å². The van der Waals surface area contributed by atoms with Crippen LogP contribution in [0.2, 0.25) is 5.02 Å². The van der Waals surface area contributed by atoms with E-state index >= 15 is 0 Å². The summed E-state index contributed by atoms with van der Waals surface area (Å²) in [5.74, 6) is 1.56. The molecular weight excluding hydrogens is 236 g/mol. The zero-order valence-electron chi connectivity index (χ0n) is 9.79. The third-order valence-electron chi connectivity index (χ3n) is 3.92. The number of aliphatic hydroxyl groups is 1. The highest BCUT2D eigenvalue weighted by Gasteiger charge is 2.26. The van der Waals surface area contributed by atoms with Gasteiger partial charge in [0, 0.05) is 17.0 Å². The Morgan fingerprint density at radius 3 is 2.94 bits per heavy atom. The van der Waals surface area contributed by atoms with Crippen LogP contribution in [0.1, 0.15) is 42.9 Å². The molecule has 0 amide bonds. The van der Waals surface area contributed by atoms with E-state index in [1.807, 2.05) is 12.1 Å². The van der Waals surface area contributed by atoms with Crippen LogP contribution in [0.25, 0.3) is 0 Å². The smallest absolute Gasteiger partial charge is 0.128 e. The monoisotopic (exact) mass is 252 g/mol. The fourth-order valence-corrected chi connectivity index (χ4v) is 2.97. The van der Waals surface area contributed by atoms with Gasteiger partial charge in [-0.05, 0) is 30.0 Å². The molecule has 1 saturated carbocycles. The van der Waals surface area contributed by atoms with Gasteiger partial charge in [-0.25, -0.2) is 0 Å². The highest BCUT2D eigenvalue weighted by Crippen LogP contribution is 2.41. The summed E-state index contributed by atoms with van der Waals surface area (Å²) in [6, 6.07) is 3.80. The standard InChI is InChI=1S/C14H17ClO2/c15-11-7-10-4-5-17-14(10)12(8-11)13(16)6-9-2-1-3-9/h7-9,13,16H,1-6H2. The Morgan fingerprint density at radius 1 is 1.41 bits per heavy atom. The molecule has 1 aromatic carbocycles. The molecule has 1 fully saturated rings. The first-order valence-electron chi connectivity index (χ1n) is 6.37. The molecule has 1 aliphatic heterocycles. The fraction of sp³-hybridized carbons (Fsp3) is 0.571. The van der Waals surface area contributed by atoms with E-state index in [1.54, 1.807) is 0 Å². The van der Waals surface area contributed by atoms with Gasteiger partial charge in [-0.2, -0.15) is 0 Å². The van der Waals surface area contributed by atoms with Crippen molar-refractivity contribution in [1.82, 2.24) is 0 Å². The largest absolute Gasteiger partial charge is 0.493 e. The molecular formula is C14H17ClO2. The summed E-state index contributed by atoms with van der Waals surface area (Å²) in [5, 5.41) is 11.0. The number of benzene rings is 1. The molecule has 2 aliphatic rings. The topological polar surface area (TPSA) is 29.5 Å². The average Bonchev–Trinajstić information content (AvgIpc) is 2.69. The van der Waals surface area contributed by atoms with Crippen molar-refractivity contribution in [2.24, 2.45) is 5.92 Å². The molecule has 92 valence electrons. The maximum Gasteiger partial charge on any atom is 0.128 e. The van der Waals surface area contributed by atoms with Gasteiger partial charge in [-0.1, -0.05) is 30.9 Å². The number of halogens is 1. The van der Waals surface area contributed by atoms with Gasteiger partial charge in [0.1, 0.15) is 5.75 Å². The van der Waals surface area contributed by atoms with Crippen molar-refractivity contribution in [2.45, 2.75) is 38.2 Å². The third-order valence-corrected chi connectivity index (χ3v) is 4.14. The van der Waals surface area contributed by atoms with Gasteiger partial charge in [-0.3, -0.25) is 0 Å². The SMILES string of the molecule is OC(CC1CCC1)c1cc(Cl)cc2c1OCC2. The molecule has 1 unspecified atom stereocenters. The minimum atomic E-state index is -0.425. The zero-order valence-corrected chi connectivity index (χ0v) is 10.5. The fourth-order valence-electron chi connectivity index (χ4n) is 2.72. The summed E-state index contributed by atoms with van der Waals surface area (Å²) in [5.41, 5.74) is 2.03. The number of rotatable bonds is 3. The molecule has 0 spiro atoms. The normalized spacial score (nSPS) is 20.6. The van der Waals surface area contributed by atoms with Crippen LogP contribution in [0, 0.1) is 5.92 Å². The van der Waals surface area contributed by atoms with E-state index in [4.69, 9.17) is 16.3 Å². The summed E-state index contributed by atoms with van der Waals surface area (Å²) in [4.78, 5) is 0. The maximum absolute atomic E-state index is 10.3. The van der Waals surface area contributed by atoms with Crippen molar-refractivity contribution in [1.29, 1.82) is 0 Å². The van der Waals surface area contributed by atoms with E-state index in [0.717, 1.165) is 29.7 Å². The Balaban J connectivity index is 1.85.